The van der Waals surface area contributed by atoms with Gasteiger partial charge in [-0.15, -0.1) is 0 Å². The van der Waals surface area contributed by atoms with E-state index in [0.717, 1.165) is 54.4 Å². The van der Waals surface area contributed by atoms with Crippen LogP contribution in [0.4, 0.5) is 0 Å². The molecule has 0 aliphatic carbocycles. The van der Waals surface area contributed by atoms with Gasteiger partial charge in [0.15, 0.2) is 0 Å². The van der Waals surface area contributed by atoms with Gasteiger partial charge in [0.2, 0.25) is 0 Å². The molecule has 3 rings (SSSR count). The van der Waals surface area contributed by atoms with E-state index in [4.69, 9.17) is 9.47 Å². The lowest BCUT2D eigenvalue weighted by Crippen LogP contribution is -2.15. The summed E-state index contributed by atoms with van der Waals surface area (Å²) in [5, 5.41) is 0. The largest absolute Gasteiger partial charge is 0.459 e. The van der Waals surface area contributed by atoms with Gasteiger partial charge in [-0.1, -0.05) is 102 Å². The third-order valence-corrected chi connectivity index (χ3v) is 7.92. The van der Waals surface area contributed by atoms with E-state index in [2.05, 4.69) is 39.0 Å². The molecule has 226 valence electrons. The van der Waals surface area contributed by atoms with E-state index in [1.807, 2.05) is 62.4 Å². The van der Waals surface area contributed by atoms with Crippen molar-refractivity contribution in [3.05, 3.63) is 83.4 Å². The second-order valence-corrected chi connectivity index (χ2v) is 11.5. The van der Waals surface area contributed by atoms with Gasteiger partial charge >= 0.3 is 11.9 Å². The summed E-state index contributed by atoms with van der Waals surface area (Å²) < 4.78 is 11.3. The van der Waals surface area contributed by atoms with E-state index >= 15 is 0 Å². The standard InChI is InChI=1S/C38H50O4/c1-6-9-11-13-15-28(4)41-37(39)33-21-17-31(18-22-33)35-25-26-36(30(8-3)27-35)32-19-23-34(24-20-32)38(40)42-29(5)16-14-12-10-7-2/h17-29H,6-16H2,1-5H3/t28-,29-/m0/s1. The maximum Gasteiger partial charge on any atom is 0.338 e. The van der Waals surface area contributed by atoms with Gasteiger partial charge in [-0.05, 0) is 98.0 Å². The summed E-state index contributed by atoms with van der Waals surface area (Å²) in [6.07, 6.45) is 11.9. The number of hydrogen-bond donors (Lipinski definition) is 0. The van der Waals surface area contributed by atoms with Crippen molar-refractivity contribution in [3.8, 4) is 22.3 Å². The van der Waals surface area contributed by atoms with Gasteiger partial charge in [0, 0.05) is 0 Å². The highest BCUT2D eigenvalue weighted by Gasteiger charge is 2.15. The predicted octanol–water partition coefficient (Wildman–Crippen LogP) is 10.6. The number of carbonyl (C=O) groups excluding carboxylic acids is 2. The van der Waals surface area contributed by atoms with E-state index in [1.54, 1.807) is 0 Å². The fraction of sp³-hybridized carbons (Fsp3) is 0.474. The number of hydrogen-bond acceptors (Lipinski definition) is 4. The molecule has 42 heavy (non-hydrogen) atoms. The quantitative estimate of drug-likeness (QED) is 0.120. The third-order valence-electron chi connectivity index (χ3n) is 7.92. The number of aryl methyl sites for hydroxylation is 1. The number of benzene rings is 3. The maximum absolute atomic E-state index is 12.6. The number of carbonyl (C=O) groups is 2. The minimum Gasteiger partial charge on any atom is -0.459 e. The number of unbranched alkanes of at least 4 members (excludes halogenated alkanes) is 6. The molecule has 0 aromatic heterocycles. The first-order chi connectivity index (χ1) is 20.4. The molecule has 0 unspecified atom stereocenters. The molecule has 0 saturated heterocycles. The highest BCUT2D eigenvalue weighted by Crippen LogP contribution is 2.30. The molecule has 0 aliphatic heterocycles. The third kappa shape index (κ3) is 10.2. The van der Waals surface area contributed by atoms with Crippen molar-refractivity contribution in [2.75, 3.05) is 0 Å². The minimum atomic E-state index is -0.261. The average Bonchev–Trinajstić information content (AvgIpc) is 3.01. The normalized spacial score (nSPS) is 12.5. The molecule has 4 heteroatoms. The Morgan fingerprint density at radius 3 is 1.48 bits per heavy atom. The molecule has 0 amide bonds. The number of esters is 2. The Morgan fingerprint density at radius 2 is 1.02 bits per heavy atom. The van der Waals surface area contributed by atoms with Crippen LogP contribution in [-0.4, -0.2) is 24.1 Å². The van der Waals surface area contributed by atoms with Crippen molar-refractivity contribution < 1.29 is 19.1 Å². The highest BCUT2D eigenvalue weighted by molar-refractivity contribution is 5.91. The SMILES string of the molecule is CCCCCC[C@H](C)OC(=O)c1ccc(-c2ccc(-c3ccc(C(=O)O[C@@H](C)CCCCCC)cc3)c(CC)c2)cc1. The Balaban J connectivity index is 1.62. The summed E-state index contributed by atoms with van der Waals surface area (Å²) in [5.41, 5.74) is 6.77. The lowest BCUT2D eigenvalue weighted by Gasteiger charge is -2.15. The van der Waals surface area contributed by atoms with Crippen molar-refractivity contribution in [1.82, 2.24) is 0 Å². The lowest BCUT2D eigenvalue weighted by atomic mass is 9.93. The number of rotatable bonds is 17. The van der Waals surface area contributed by atoms with Crippen LogP contribution in [0.3, 0.4) is 0 Å². The zero-order valence-corrected chi connectivity index (χ0v) is 26.4. The molecule has 0 heterocycles. The van der Waals surface area contributed by atoms with Crippen molar-refractivity contribution in [1.29, 1.82) is 0 Å². The fourth-order valence-corrected chi connectivity index (χ4v) is 5.27. The summed E-state index contributed by atoms with van der Waals surface area (Å²) in [5.74, 6) is -0.521. The smallest absolute Gasteiger partial charge is 0.338 e. The van der Waals surface area contributed by atoms with Crippen LogP contribution < -0.4 is 0 Å². The minimum absolute atomic E-state index is 0.0720. The molecule has 0 fully saturated rings. The van der Waals surface area contributed by atoms with Gasteiger partial charge in [0.1, 0.15) is 0 Å². The van der Waals surface area contributed by atoms with Crippen LogP contribution in [0, 0.1) is 0 Å². The lowest BCUT2D eigenvalue weighted by molar-refractivity contribution is 0.0309. The van der Waals surface area contributed by atoms with E-state index in [-0.39, 0.29) is 24.1 Å². The van der Waals surface area contributed by atoms with Crippen LogP contribution in [0.2, 0.25) is 0 Å². The van der Waals surface area contributed by atoms with Gasteiger partial charge < -0.3 is 9.47 Å². The van der Waals surface area contributed by atoms with Crippen molar-refractivity contribution in [2.45, 2.75) is 117 Å². The second-order valence-electron chi connectivity index (χ2n) is 11.5. The first-order valence-corrected chi connectivity index (χ1v) is 16.1. The van der Waals surface area contributed by atoms with Crippen LogP contribution in [0.25, 0.3) is 22.3 Å². The van der Waals surface area contributed by atoms with Crippen molar-refractivity contribution >= 4 is 11.9 Å². The molecule has 0 bridgehead atoms. The van der Waals surface area contributed by atoms with Gasteiger partial charge in [-0.2, -0.15) is 0 Å². The molecular formula is C38H50O4. The Hall–Kier alpha value is -3.40. The summed E-state index contributed by atoms with van der Waals surface area (Å²) in [7, 11) is 0. The summed E-state index contributed by atoms with van der Waals surface area (Å²) in [6, 6.07) is 21.9. The molecule has 0 N–H and O–H groups in total. The van der Waals surface area contributed by atoms with Crippen molar-refractivity contribution in [3.63, 3.8) is 0 Å². The van der Waals surface area contributed by atoms with Crippen LogP contribution in [0.5, 0.6) is 0 Å². The van der Waals surface area contributed by atoms with Crippen molar-refractivity contribution in [2.24, 2.45) is 0 Å². The fourth-order valence-electron chi connectivity index (χ4n) is 5.27. The summed E-state index contributed by atoms with van der Waals surface area (Å²) >= 11 is 0. The molecule has 0 aliphatic rings. The van der Waals surface area contributed by atoms with Gasteiger partial charge in [0.25, 0.3) is 0 Å². The Bertz CT molecular complexity index is 1240. The molecule has 3 aromatic carbocycles. The van der Waals surface area contributed by atoms with E-state index < -0.39 is 0 Å². The molecule has 0 saturated carbocycles. The molecule has 0 spiro atoms. The zero-order chi connectivity index (χ0) is 30.3. The zero-order valence-electron chi connectivity index (χ0n) is 26.4. The van der Waals surface area contributed by atoms with Crippen LogP contribution in [0.1, 0.15) is 125 Å². The Labute approximate surface area is 253 Å². The molecular weight excluding hydrogens is 520 g/mol. The monoisotopic (exact) mass is 570 g/mol. The van der Waals surface area contributed by atoms with E-state index in [0.29, 0.717) is 11.1 Å². The first kappa shape index (κ1) is 33.1. The first-order valence-electron chi connectivity index (χ1n) is 16.1. The van der Waals surface area contributed by atoms with E-state index in [1.165, 1.54) is 44.1 Å². The average molecular weight is 571 g/mol. The van der Waals surface area contributed by atoms with Crippen LogP contribution in [0.15, 0.2) is 66.7 Å². The Morgan fingerprint density at radius 1 is 0.571 bits per heavy atom. The van der Waals surface area contributed by atoms with Gasteiger partial charge in [-0.25, -0.2) is 9.59 Å². The summed E-state index contributed by atoms with van der Waals surface area (Å²) in [6.45, 7) is 10.5. The molecule has 2 atom stereocenters. The topological polar surface area (TPSA) is 52.6 Å². The molecule has 0 radical (unpaired) electrons. The van der Waals surface area contributed by atoms with Gasteiger partial charge in [-0.3, -0.25) is 0 Å². The summed E-state index contributed by atoms with van der Waals surface area (Å²) in [4.78, 5) is 25.3. The van der Waals surface area contributed by atoms with Gasteiger partial charge in [0.05, 0.1) is 23.3 Å². The predicted molar refractivity (Wildman–Crippen MR) is 174 cm³/mol. The number of ether oxygens (including phenoxy) is 2. The highest BCUT2D eigenvalue weighted by atomic mass is 16.5. The van der Waals surface area contributed by atoms with Crippen LogP contribution >= 0.6 is 0 Å². The second kappa shape index (κ2) is 17.5. The van der Waals surface area contributed by atoms with Crippen LogP contribution in [-0.2, 0) is 15.9 Å². The maximum atomic E-state index is 12.6. The molecule has 3 aromatic rings. The van der Waals surface area contributed by atoms with E-state index in [9.17, 15) is 9.59 Å². The Kier molecular flexibility index (Phi) is 13.8. The molecule has 4 nitrogen and oxygen atoms in total.